The average molecular weight is 319 g/mol. The van der Waals surface area contributed by atoms with Crippen molar-refractivity contribution in [1.29, 1.82) is 0 Å². The maximum atomic E-state index is 10.9. The molecule has 2 heterocycles. The molecule has 0 spiro atoms. The van der Waals surface area contributed by atoms with Crippen LogP contribution >= 0.6 is 0 Å². The first-order valence-corrected chi connectivity index (χ1v) is 8.64. The molecule has 4 nitrogen and oxygen atoms in total. The average Bonchev–Trinajstić information content (AvgIpc) is 3.01. The van der Waals surface area contributed by atoms with Crippen molar-refractivity contribution in [3.8, 4) is 11.3 Å². The number of benzene rings is 1. The molecule has 3 aromatic rings. The number of rotatable bonds is 4. The zero-order valence-electron chi connectivity index (χ0n) is 13.6. The summed E-state index contributed by atoms with van der Waals surface area (Å²) in [6.45, 7) is 0. The smallest absolute Gasteiger partial charge is 0.150 e. The van der Waals surface area contributed by atoms with E-state index in [1.807, 2.05) is 42.5 Å². The van der Waals surface area contributed by atoms with Crippen molar-refractivity contribution in [2.24, 2.45) is 0 Å². The van der Waals surface area contributed by atoms with Crippen LogP contribution in [0.15, 0.2) is 48.7 Å². The molecule has 0 atom stereocenters. The molecule has 2 aromatic heterocycles. The molecule has 1 fully saturated rings. The highest BCUT2D eigenvalue weighted by atomic mass is 16.1. The largest absolute Gasteiger partial charge is 0.367 e. The number of hydrogen-bond acceptors (Lipinski definition) is 3. The standard InChI is InChI=1S/C20H21N3O/c24-14-15-9-11-16(12-10-15)19-20(21-17-6-2-1-3-7-17)23-13-5-4-8-18(23)22-19/h4-5,8-14,17,21H,1-3,6-7H2. The molecule has 1 saturated carbocycles. The molecule has 1 aliphatic carbocycles. The maximum Gasteiger partial charge on any atom is 0.150 e. The van der Waals surface area contributed by atoms with E-state index >= 15 is 0 Å². The predicted octanol–water partition coefficient (Wildman–Crippen LogP) is 4.56. The summed E-state index contributed by atoms with van der Waals surface area (Å²) < 4.78 is 2.12. The van der Waals surface area contributed by atoms with E-state index in [1.165, 1.54) is 32.1 Å². The monoisotopic (exact) mass is 319 g/mol. The fraction of sp³-hybridized carbons (Fsp3) is 0.300. The Morgan fingerprint density at radius 1 is 1.04 bits per heavy atom. The third-order valence-electron chi connectivity index (χ3n) is 4.80. The lowest BCUT2D eigenvalue weighted by Gasteiger charge is -2.24. The minimum Gasteiger partial charge on any atom is -0.367 e. The fourth-order valence-electron chi connectivity index (χ4n) is 3.49. The van der Waals surface area contributed by atoms with Crippen LogP contribution in [0.25, 0.3) is 16.9 Å². The van der Waals surface area contributed by atoms with Crippen LogP contribution in [0.5, 0.6) is 0 Å². The van der Waals surface area contributed by atoms with Crippen LogP contribution in [0.4, 0.5) is 5.82 Å². The Balaban J connectivity index is 1.77. The SMILES string of the molecule is O=Cc1ccc(-c2nc3ccccn3c2NC2CCCCC2)cc1. The molecule has 4 rings (SSSR count). The number of aldehydes is 1. The Morgan fingerprint density at radius 3 is 2.58 bits per heavy atom. The lowest BCUT2D eigenvalue weighted by molar-refractivity contribution is 0.112. The Hall–Kier alpha value is -2.62. The van der Waals surface area contributed by atoms with E-state index < -0.39 is 0 Å². The van der Waals surface area contributed by atoms with Gasteiger partial charge in [-0.3, -0.25) is 9.20 Å². The number of nitrogens with one attached hydrogen (secondary N) is 1. The van der Waals surface area contributed by atoms with Gasteiger partial charge in [-0.2, -0.15) is 0 Å². The third kappa shape index (κ3) is 2.80. The van der Waals surface area contributed by atoms with E-state index in [1.54, 1.807) is 0 Å². The van der Waals surface area contributed by atoms with Crippen molar-refractivity contribution in [1.82, 2.24) is 9.38 Å². The number of anilines is 1. The van der Waals surface area contributed by atoms with Gasteiger partial charge in [0.05, 0.1) is 0 Å². The van der Waals surface area contributed by atoms with Gasteiger partial charge in [-0.05, 0) is 25.0 Å². The number of aromatic nitrogens is 2. The predicted molar refractivity (Wildman–Crippen MR) is 96.5 cm³/mol. The molecule has 1 aromatic carbocycles. The summed E-state index contributed by atoms with van der Waals surface area (Å²) in [6.07, 6.45) is 9.26. The highest BCUT2D eigenvalue weighted by Gasteiger charge is 2.19. The normalized spacial score (nSPS) is 15.5. The van der Waals surface area contributed by atoms with Gasteiger partial charge in [0.15, 0.2) is 0 Å². The van der Waals surface area contributed by atoms with Gasteiger partial charge < -0.3 is 5.32 Å². The van der Waals surface area contributed by atoms with Gasteiger partial charge in [-0.25, -0.2) is 4.98 Å². The topological polar surface area (TPSA) is 46.4 Å². The Bertz CT molecular complexity index is 845. The van der Waals surface area contributed by atoms with Crippen LogP contribution in [0.2, 0.25) is 0 Å². The zero-order chi connectivity index (χ0) is 16.4. The van der Waals surface area contributed by atoms with Crippen LogP contribution in [0.1, 0.15) is 42.5 Å². The van der Waals surface area contributed by atoms with Crippen LogP contribution in [-0.2, 0) is 0 Å². The first kappa shape index (κ1) is 14.9. The van der Waals surface area contributed by atoms with Crippen LogP contribution in [0, 0.1) is 0 Å². The number of fused-ring (bicyclic) bond motifs is 1. The summed E-state index contributed by atoms with van der Waals surface area (Å²) in [5.74, 6) is 1.05. The summed E-state index contributed by atoms with van der Waals surface area (Å²) in [5, 5.41) is 3.73. The van der Waals surface area contributed by atoms with Gasteiger partial charge >= 0.3 is 0 Å². The summed E-state index contributed by atoms with van der Waals surface area (Å²) >= 11 is 0. The van der Waals surface area contributed by atoms with E-state index in [4.69, 9.17) is 4.98 Å². The van der Waals surface area contributed by atoms with Crippen LogP contribution in [0.3, 0.4) is 0 Å². The second-order valence-electron chi connectivity index (χ2n) is 6.46. The van der Waals surface area contributed by atoms with Gasteiger partial charge in [-0.1, -0.05) is 49.6 Å². The second kappa shape index (κ2) is 6.48. The Labute approximate surface area is 141 Å². The van der Waals surface area contributed by atoms with Crippen molar-refractivity contribution < 1.29 is 4.79 Å². The first-order chi connectivity index (χ1) is 11.8. The number of nitrogens with zero attached hydrogens (tertiary/aromatic N) is 2. The van der Waals surface area contributed by atoms with Gasteiger partial charge in [0.2, 0.25) is 0 Å². The number of hydrogen-bond donors (Lipinski definition) is 1. The molecular weight excluding hydrogens is 298 g/mol. The van der Waals surface area contributed by atoms with Crippen molar-refractivity contribution in [2.75, 3.05) is 5.32 Å². The summed E-state index contributed by atoms with van der Waals surface area (Å²) in [4.78, 5) is 15.7. The maximum absolute atomic E-state index is 10.9. The van der Waals surface area contributed by atoms with Crippen LogP contribution < -0.4 is 5.32 Å². The van der Waals surface area contributed by atoms with Gasteiger partial charge in [0.1, 0.15) is 23.4 Å². The Morgan fingerprint density at radius 2 is 1.83 bits per heavy atom. The van der Waals surface area contributed by atoms with Crippen molar-refractivity contribution in [3.63, 3.8) is 0 Å². The molecular formula is C20H21N3O. The van der Waals surface area contributed by atoms with Gasteiger partial charge in [-0.15, -0.1) is 0 Å². The summed E-state index contributed by atoms with van der Waals surface area (Å²) in [6, 6.07) is 14.2. The van der Waals surface area contributed by atoms with E-state index in [9.17, 15) is 4.79 Å². The van der Waals surface area contributed by atoms with Gasteiger partial charge in [0.25, 0.3) is 0 Å². The number of carbonyl (C=O) groups is 1. The lowest BCUT2D eigenvalue weighted by atomic mass is 9.95. The highest BCUT2D eigenvalue weighted by Crippen LogP contribution is 2.31. The fourth-order valence-corrected chi connectivity index (χ4v) is 3.49. The molecule has 122 valence electrons. The van der Waals surface area contributed by atoms with Crippen molar-refractivity contribution in [2.45, 2.75) is 38.1 Å². The van der Waals surface area contributed by atoms with Crippen molar-refractivity contribution >= 4 is 17.8 Å². The minimum absolute atomic E-state index is 0.506. The van der Waals surface area contributed by atoms with E-state index in [2.05, 4.69) is 15.9 Å². The van der Waals surface area contributed by atoms with E-state index in [0.29, 0.717) is 11.6 Å². The lowest BCUT2D eigenvalue weighted by Crippen LogP contribution is -2.23. The van der Waals surface area contributed by atoms with Crippen molar-refractivity contribution in [3.05, 3.63) is 54.2 Å². The minimum atomic E-state index is 0.506. The third-order valence-corrected chi connectivity index (χ3v) is 4.80. The molecule has 4 heteroatoms. The molecule has 1 N–H and O–H groups in total. The number of pyridine rings is 1. The molecule has 0 aliphatic heterocycles. The molecule has 1 aliphatic rings. The highest BCUT2D eigenvalue weighted by molar-refractivity contribution is 5.80. The molecule has 0 bridgehead atoms. The zero-order valence-corrected chi connectivity index (χ0v) is 13.6. The van der Waals surface area contributed by atoms with E-state index in [0.717, 1.165) is 29.0 Å². The Kier molecular flexibility index (Phi) is 4.03. The molecule has 24 heavy (non-hydrogen) atoms. The molecule has 0 saturated heterocycles. The molecule has 0 radical (unpaired) electrons. The summed E-state index contributed by atoms with van der Waals surface area (Å²) in [5.41, 5.74) is 3.60. The van der Waals surface area contributed by atoms with Gasteiger partial charge in [0, 0.05) is 23.4 Å². The van der Waals surface area contributed by atoms with E-state index in [-0.39, 0.29) is 0 Å². The summed E-state index contributed by atoms with van der Waals surface area (Å²) in [7, 11) is 0. The number of carbonyl (C=O) groups excluding carboxylic acids is 1. The van der Waals surface area contributed by atoms with Crippen LogP contribution in [-0.4, -0.2) is 21.7 Å². The quantitative estimate of drug-likeness (QED) is 0.717. The molecule has 0 unspecified atom stereocenters. The first-order valence-electron chi connectivity index (χ1n) is 8.64. The molecule has 0 amide bonds. The number of imidazole rings is 1. The second-order valence-corrected chi connectivity index (χ2v) is 6.46.